The van der Waals surface area contributed by atoms with E-state index in [9.17, 15) is 0 Å². The van der Waals surface area contributed by atoms with E-state index in [2.05, 4.69) is 90.7 Å². The van der Waals surface area contributed by atoms with E-state index >= 15 is 0 Å². The zero-order valence-corrected chi connectivity index (χ0v) is 21.7. The van der Waals surface area contributed by atoms with E-state index in [4.69, 9.17) is 16.6 Å². The molecule has 180 valence electrons. The molecule has 0 aliphatic rings. The van der Waals surface area contributed by atoms with Crippen LogP contribution in [0.1, 0.15) is 69.3 Å². The SMILES string of the molecule is CCCCN(Cc1ccc2[nH]ccc2c1)C(C)c1c(Cl)nc(-c2ccccc2C)n1CCCC. The van der Waals surface area contributed by atoms with Crippen molar-refractivity contribution in [3.8, 4) is 11.4 Å². The molecule has 1 atom stereocenters. The van der Waals surface area contributed by atoms with Gasteiger partial charge in [-0.25, -0.2) is 4.98 Å². The smallest absolute Gasteiger partial charge is 0.152 e. The zero-order valence-electron chi connectivity index (χ0n) is 20.9. The number of hydrogen-bond donors (Lipinski definition) is 1. The first-order valence-corrected chi connectivity index (χ1v) is 13.0. The summed E-state index contributed by atoms with van der Waals surface area (Å²) in [7, 11) is 0. The van der Waals surface area contributed by atoms with Gasteiger partial charge in [0.2, 0.25) is 0 Å². The van der Waals surface area contributed by atoms with Crippen molar-refractivity contribution in [3.05, 3.63) is 76.7 Å². The quantitative estimate of drug-likeness (QED) is 0.237. The van der Waals surface area contributed by atoms with Gasteiger partial charge in [-0.3, -0.25) is 4.90 Å². The number of imidazole rings is 1. The number of unbranched alkanes of at least 4 members (excludes halogenated alkanes) is 2. The predicted molar refractivity (Wildman–Crippen MR) is 144 cm³/mol. The van der Waals surface area contributed by atoms with E-state index in [1.165, 1.54) is 22.0 Å². The average molecular weight is 477 g/mol. The predicted octanol–water partition coefficient (Wildman–Crippen LogP) is 8.16. The molecule has 4 aromatic rings. The van der Waals surface area contributed by atoms with Gasteiger partial charge in [-0.15, -0.1) is 0 Å². The van der Waals surface area contributed by atoms with Gasteiger partial charge in [0.15, 0.2) is 5.15 Å². The first kappa shape index (κ1) is 24.6. The Bertz CT molecular complexity index is 1220. The second kappa shape index (κ2) is 11.2. The standard InChI is InChI=1S/C29H37ClN4/c1-5-7-17-33(20-23-13-14-26-24(19-23)15-16-31-26)22(4)27-28(30)32-29(34(27)18-8-6-2)25-12-10-9-11-21(25)3/h9-16,19,22,31H,5-8,17-18,20H2,1-4H3. The number of rotatable bonds is 11. The lowest BCUT2D eigenvalue weighted by atomic mass is 10.1. The summed E-state index contributed by atoms with van der Waals surface area (Å²) in [6, 6.07) is 17.5. The molecule has 1 N–H and O–H groups in total. The maximum atomic E-state index is 6.91. The van der Waals surface area contributed by atoms with Crippen LogP contribution < -0.4 is 0 Å². The Morgan fingerprint density at radius 2 is 1.85 bits per heavy atom. The highest BCUT2D eigenvalue weighted by molar-refractivity contribution is 6.30. The van der Waals surface area contributed by atoms with Crippen molar-refractivity contribution >= 4 is 22.5 Å². The molecule has 0 saturated carbocycles. The Kier molecular flexibility index (Phi) is 8.12. The number of aryl methyl sites for hydroxylation is 1. The van der Waals surface area contributed by atoms with E-state index in [1.807, 2.05) is 6.20 Å². The Morgan fingerprint density at radius 1 is 1.06 bits per heavy atom. The minimum Gasteiger partial charge on any atom is -0.361 e. The van der Waals surface area contributed by atoms with Crippen molar-refractivity contribution < 1.29 is 0 Å². The summed E-state index contributed by atoms with van der Waals surface area (Å²) in [5.74, 6) is 0.989. The van der Waals surface area contributed by atoms with E-state index in [0.717, 1.165) is 62.4 Å². The lowest BCUT2D eigenvalue weighted by Crippen LogP contribution is -2.29. The second-order valence-electron chi connectivity index (χ2n) is 9.33. The number of fused-ring (bicyclic) bond motifs is 1. The molecule has 0 bridgehead atoms. The number of benzene rings is 2. The Labute approximate surface area is 209 Å². The molecule has 0 spiro atoms. The van der Waals surface area contributed by atoms with Crippen LogP contribution in [-0.4, -0.2) is 26.0 Å². The molecule has 2 heterocycles. The van der Waals surface area contributed by atoms with E-state index in [1.54, 1.807) is 0 Å². The molecule has 5 heteroatoms. The van der Waals surface area contributed by atoms with Crippen LogP contribution in [-0.2, 0) is 13.1 Å². The average Bonchev–Trinajstić information content (AvgIpc) is 3.43. The Balaban J connectivity index is 1.72. The molecule has 2 aromatic heterocycles. The van der Waals surface area contributed by atoms with Crippen LogP contribution in [0.4, 0.5) is 0 Å². The number of aromatic nitrogens is 3. The van der Waals surface area contributed by atoms with E-state index in [-0.39, 0.29) is 6.04 Å². The highest BCUT2D eigenvalue weighted by atomic mass is 35.5. The summed E-state index contributed by atoms with van der Waals surface area (Å²) in [6.45, 7) is 11.8. The molecule has 4 rings (SSSR count). The molecule has 2 aromatic carbocycles. The molecule has 0 aliphatic carbocycles. The van der Waals surface area contributed by atoms with Crippen molar-refractivity contribution in [3.63, 3.8) is 0 Å². The highest BCUT2D eigenvalue weighted by Crippen LogP contribution is 2.35. The van der Waals surface area contributed by atoms with Crippen molar-refractivity contribution in [1.29, 1.82) is 0 Å². The Hall–Kier alpha value is -2.56. The van der Waals surface area contributed by atoms with Gasteiger partial charge in [0.25, 0.3) is 0 Å². The lowest BCUT2D eigenvalue weighted by Gasteiger charge is -2.30. The third-order valence-electron chi connectivity index (χ3n) is 6.83. The summed E-state index contributed by atoms with van der Waals surface area (Å²) in [6.07, 6.45) is 6.56. The summed E-state index contributed by atoms with van der Waals surface area (Å²) in [5, 5.41) is 1.89. The fourth-order valence-corrected chi connectivity index (χ4v) is 5.13. The van der Waals surface area contributed by atoms with Gasteiger partial charge in [-0.1, -0.05) is 68.6 Å². The number of H-pyrrole nitrogens is 1. The van der Waals surface area contributed by atoms with Crippen LogP contribution in [0.3, 0.4) is 0 Å². The van der Waals surface area contributed by atoms with Crippen LogP contribution in [0.15, 0.2) is 54.7 Å². The molecule has 34 heavy (non-hydrogen) atoms. The normalized spacial score (nSPS) is 12.6. The zero-order chi connectivity index (χ0) is 24.1. The summed E-state index contributed by atoms with van der Waals surface area (Å²) < 4.78 is 2.38. The maximum absolute atomic E-state index is 6.91. The topological polar surface area (TPSA) is 36.9 Å². The molecule has 0 amide bonds. The third-order valence-corrected chi connectivity index (χ3v) is 7.11. The molecule has 1 unspecified atom stereocenters. The fraction of sp³-hybridized carbons (Fsp3) is 0.414. The summed E-state index contributed by atoms with van der Waals surface area (Å²) in [4.78, 5) is 10.8. The van der Waals surface area contributed by atoms with Gasteiger partial charge in [-0.05, 0) is 67.9 Å². The minimum atomic E-state index is 0.156. The van der Waals surface area contributed by atoms with Gasteiger partial charge < -0.3 is 9.55 Å². The summed E-state index contributed by atoms with van der Waals surface area (Å²) >= 11 is 6.91. The molecule has 4 nitrogen and oxygen atoms in total. The van der Waals surface area contributed by atoms with Crippen LogP contribution in [0.25, 0.3) is 22.3 Å². The van der Waals surface area contributed by atoms with Crippen LogP contribution in [0, 0.1) is 6.92 Å². The first-order valence-electron chi connectivity index (χ1n) is 12.7. The van der Waals surface area contributed by atoms with Crippen molar-refractivity contribution in [1.82, 2.24) is 19.4 Å². The van der Waals surface area contributed by atoms with Crippen LogP contribution in [0.2, 0.25) is 5.15 Å². The Morgan fingerprint density at radius 3 is 2.62 bits per heavy atom. The monoisotopic (exact) mass is 476 g/mol. The van der Waals surface area contributed by atoms with Gasteiger partial charge in [0.1, 0.15) is 5.82 Å². The molecule has 0 fully saturated rings. The van der Waals surface area contributed by atoms with Crippen LogP contribution in [0.5, 0.6) is 0 Å². The maximum Gasteiger partial charge on any atom is 0.152 e. The number of nitrogens with one attached hydrogen (secondary N) is 1. The first-order chi connectivity index (χ1) is 16.5. The van der Waals surface area contributed by atoms with Crippen LogP contribution >= 0.6 is 11.6 Å². The molecule has 0 radical (unpaired) electrons. The second-order valence-corrected chi connectivity index (χ2v) is 9.69. The molecular weight excluding hydrogens is 440 g/mol. The number of aromatic amines is 1. The van der Waals surface area contributed by atoms with E-state index < -0.39 is 0 Å². The van der Waals surface area contributed by atoms with Gasteiger partial charge in [0.05, 0.1) is 11.7 Å². The largest absolute Gasteiger partial charge is 0.361 e. The van der Waals surface area contributed by atoms with Gasteiger partial charge in [0, 0.05) is 30.4 Å². The summed E-state index contributed by atoms with van der Waals surface area (Å²) in [5.41, 5.74) is 6.03. The van der Waals surface area contributed by atoms with Crippen molar-refractivity contribution in [2.45, 2.75) is 72.5 Å². The van der Waals surface area contributed by atoms with Crippen molar-refractivity contribution in [2.24, 2.45) is 0 Å². The molecule has 0 saturated heterocycles. The highest BCUT2D eigenvalue weighted by Gasteiger charge is 2.26. The van der Waals surface area contributed by atoms with Crippen molar-refractivity contribution in [2.75, 3.05) is 6.54 Å². The number of halogens is 1. The lowest BCUT2D eigenvalue weighted by molar-refractivity contribution is 0.191. The van der Waals surface area contributed by atoms with E-state index in [0.29, 0.717) is 5.15 Å². The molecular formula is C29H37ClN4. The number of hydrogen-bond acceptors (Lipinski definition) is 2. The minimum absolute atomic E-state index is 0.156. The molecule has 0 aliphatic heterocycles. The van der Waals surface area contributed by atoms with Gasteiger partial charge >= 0.3 is 0 Å². The third kappa shape index (κ3) is 5.24. The fourth-order valence-electron chi connectivity index (χ4n) is 4.79. The van der Waals surface area contributed by atoms with Gasteiger partial charge in [-0.2, -0.15) is 0 Å². The number of nitrogens with zero attached hydrogens (tertiary/aromatic N) is 3.